The van der Waals surface area contributed by atoms with Crippen LogP contribution in [0.4, 0.5) is 0 Å². The number of primary amides is 1. The van der Waals surface area contributed by atoms with E-state index in [0.29, 0.717) is 41.7 Å². The van der Waals surface area contributed by atoms with Crippen molar-refractivity contribution in [3.63, 3.8) is 0 Å². The predicted octanol–water partition coefficient (Wildman–Crippen LogP) is 3.10. The number of furan rings is 1. The van der Waals surface area contributed by atoms with E-state index in [1.165, 1.54) is 11.8 Å². The molecule has 0 spiro atoms. The summed E-state index contributed by atoms with van der Waals surface area (Å²) in [5, 5.41) is 8.77. The molecule has 3 rings (SSSR count). The Morgan fingerprint density at radius 1 is 1.23 bits per heavy atom. The fraction of sp³-hybridized carbons (Fsp3) is 0.333. The minimum Gasteiger partial charge on any atom is -0.497 e. The lowest BCUT2D eigenvalue weighted by Crippen LogP contribution is -2.18. The maximum atomic E-state index is 13.0. The highest BCUT2D eigenvalue weighted by Gasteiger charge is 2.24. The van der Waals surface area contributed by atoms with Crippen LogP contribution in [0.15, 0.2) is 52.2 Å². The van der Waals surface area contributed by atoms with Crippen LogP contribution in [0.1, 0.15) is 41.7 Å². The number of aromatic nitrogens is 3. The van der Waals surface area contributed by atoms with Gasteiger partial charge in [-0.2, -0.15) is 0 Å². The van der Waals surface area contributed by atoms with Gasteiger partial charge < -0.3 is 14.9 Å². The van der Waals surface area contributed by atoms with Gasteiger partial charge in [0, 0.05) is 18.4 Å². The molecule has 0 bridgehead atoms. The summed E-state index contributed by atoms with van der Waals surface area (Å²) in [4.78, 5) is 24.2. The van der Waals surface area contributed by atoms with Gasteiger partial charge in [-0.25, -0.2) is 0 Å². The number of ether oxygens (including phenoxy) is 1. The number of hydrogen-bond donors (Lipinski definition) is 1. The Hall–Kier alpha value is -3.07. The molecule has 1 aromatic carbocycles. The second kappa shape index (κ2) is 10.1. The summed E-state index contributed by atoms with van der Waals surface area (Å²) in [5.41, 5.74) is 5.90. The van der Waals surface area contributed by atoms with Crippen LogP contribution in [0.5, 0.6) is 5.75 Å². The quantitative estimate of drug-likeness (QED) is 0.369. The molecule has 1 atom stereocenters. The number of thioether (sulfide) groups is 1. The van der Waals surface area contributed by atoms with E-state index in [1.54, 1.807) is 43.7 Å². The summed E-state index contributed by atoms with van der Waals surface area (Å²) >= 11 is 1.36. The highest BCUT2D eigenvalue weighted by molar-refractivity contribution is 8.00. The fourth-order valence-electron chi connectivity index (χ4n) is 2.93. The van der Waals surface area contributed by atoms with Gasteiger partial charge in [0.2, 0.25) is 5.91 Å². The zero-order valence-corrected chi connectivity index (χ0v) is 17.7. The minimum absolute atomic E-state index is 0.0105. The van der Waals surface area contributed by atoms with Crippen LogP contribution in [0.2, 0.25) is 0 Å². The molecule has 0 fully saturated rings. The topological polar surface area (TPSA) is 113 Å². The average molecular weight is 429 g/mol. The van der Waals surface area contributed by atoms with Gasteiger partial charge in [-0.1, -0.05) is 18.7 Å². The molecule has 30 heavy (non-hydrogen) atoms. The van der Waals surface area contributed by atoms with Gasteiger partial charge >= 0.3 is 0 Å². The Balaban J connectivity index is 1.83. The minimum atomic E-state index is -0.405. The molecule has 1 amide bonds. The van der Waals surface area contributed by atoms with Gasteiger partial charge in [-0.15, -0.1) is 10.2 Å². The van der Waals surface area contributed by atoms with Gasteiger partial charge in [0.25, 0.3) is 0 Å². The van der Waals surface area contributed by atoms with E-state index in [1.807, 2.05) is 17.6 Å². The largest absolute Gasteiger partial charge is 0.497 e. The Bertz CT molecular complexity index is 983. The number of nitrogens with two attached hydrogens (primary N) is 1. The molecule has 2 N–H and O–H groups in total. The lowest BCUT2D eigenvalue weighted by molar-refractivity contribution is -0.118. The van der Waals surface area contributed by atoms with Crippen molar-refractivity contribution in [2.75, 3.05) is 7.11 Å². The van der Waals surface area contributed by atoms with Crippen molar-refractivity contribution in [2.45, 2.75) is 43.1 Å². The van der Waals surface area contributed by atoms with Gasteiger partial charge in [0.05, 0.1) is 25.2 Å². The lowest BCUT2D eigenvalue weighted by Gasteiger charge is -2.15. The average Bonchev–Trinajstić information content (AvgIpc) is 3.40. The first kappa shape index (κ1) is 21.6. The second-order valence-corrected chi connectivity index (χ2v) is 7.81. The smallest absolute Gasteiger partial charge is 0.217 e. The number of amides is 1. The summed E-state index contributed by atoms with van der Waals surface area (Å²) < 4.78 is 12.5. The molecular formula is C21H24N4O4S. The van der Waals surface area contributed by atoms with Crippen molar-refractivity contribution in [3.05, 3.63) is 59.8 Å². The van der Waals surface area contributed by atoms with Gasteiger partial charge in [0.15, 0.2) is 10.9 Å². The number of rotatable bonds is 11. The maximum absolute atomic E-state index is 13.0. The highest BCUT2D eigenvalue weighted by Crippen LogP contribution is 2.29. The van der Waals surface area contributed by atoms with Gasteiger partial charge in [-0.3, -0.25) is 14.2 Å². The zero-order valence-electron chi connectivity index (χ0n) is 16.9. The SMILES string of the molecule is CCC(Sc1nnc(CCC(N)=O)n1Cc1ccco1)C(=O)c1ccc(OC)cc1. The van der Waals surface area contributed by atoms with Crippen molar-refractivity contribution in [2.24, 2.45) is 5.73 Å². The van der Waals surface area contributed by atoms with Crippen molar-refractivity contribution in [1.82, 2.24) is 14.8 Å². The van der Waals surface area contributed by atoms with Crippen LogP contribution in [0.25, 0.3) is 0 Å². The molecule has 2 heterocycles. The number of aryl methyl sites for hydroxylation is 1. The standard InChI is InChI=1S/C21H24N4O4S/c1-3-17(20(27)14-6-8-15(28-2)9-7-14)30-21-24-23-19(11-10-18(22)26)25(21)13-16-5-4-12-29-16/h4-9,12,17H,3,10-11,13H2,1-2H3,(H2,22,26). The molecule has 2 aromatic heterocycles. The van der Waals surface area contributed by atoms with E-state index < -0.39 is 5.91 Å². The first-order valence-corrected chi connectivity index (χ1v) is 10.5. The lowest BCUT2D eigenvalue weighted by atomic mass is 10.1. The number of hydrogen-bond acceptors (Lipinski definition) is 7. The third-order valence-electron chi connectivity index (χ3n) is 4.57. The normalized spacial score (nSPS) is 11.9. The summed E-state index contributed by atoms with van der Waals surface area (Å²) in [6, 6.07) is 10.7. The van der Waals surface area contributed by atoms with Crippen LogP contribution in [0.3, 0.4) is 0 Å². The molecule has 0 radical (unpaired) electrons. The van der Waals surface area contributed by atoms with Crippen LogP contribution >= 0.6 is 11.8 Å². The Morgan fingerprint density at radius 2 is 2.00 bits per heavy atom. The monoisotopic (exact) mass is 428 g/mol. The van der Waals surface area contributed by atoms with Crippen LogP contribution < -0.4 is 10.5 Å². The Labute approximate surface area is 178 Å². The van der Waals surface area contributed by atoms with E-state index in [9.17, 15) is 9.59 Å². The van der Waals surface area contributed by atoms with Crippen LogP contribution in [-0.4, -0.2) is 38.8 Å². The van der Waals surface area contributed by atoms with Gasteiger partial charge in [-0.05, 0) is 42.8 Å². The molecule has 9 heteroatoms. The fourth-order valence-corrected chi connectivity index (χ4v) is 3.98. The van der Waals surface area contributed by atoms with Crippen molar-refractivity contribution in [1.29, 1.82) is 0 Å². The molecule has 8 nitrogen and oxygen atoms in total. The highest BCUT2D eigenvalue weighted by atomic mass is 32.2. The molecule has 0 saturated carbocycles. The number of nitrogens with zero attached hydrogens (tertiary/aromatic N) is 3. The summed E-state index contributed by atoms with van der Waals surface area (Å²) in [5.74, 6) is 1.66. The Kier molecular flexibility index (Phi) is 7.29. The predicted molar refractivity (Wildman–Crippen MR) is 113 cm³/mol. The number of carbonyl (C=O) groups is 2. The third kappa shape index (κ3) is 5.29. The van der Waals surface area contributed by atoms with E-state index in [4.69, 9.17) is 14.9 Å². The molecule has 0 aliphatic carbocycles. The van der Waals surface area contributed by atoms with Crippen molar-refractivity contribution >= 4 is 23.5 Å². The second-order valence-electron chi connectivity index (χ2n) is 6.64. The number of Topliss-reactive ketones (excluding diaryl/α,β-unsaturated/α-hetero) is 1. The first-order valence-electron chi connectivity index (χ1n) is 9.59. The molecule has 3 aromatic rings. The maximum Gasteiger partial charge on any atom is 0.217 e. The third-order valence-corrected chi connectivity index (χ3v) is 5.91. The van der Waals surface area contributed by atoms with Gasteiger partial charge in [0.1, 0.15) is 17.3 Å². The van der Waals surface area contributed by atoms with E-state index in [0.717, 1.165) is 5.76 Å². The summed E-state index contributed by atoms with van der Waals surface area (Å²) in [7, 11) is 1.59. The molecule has 0 aliphatic rings. The number of ketones is 1. The van der Waals surface area contributed by atoms with E-state index in [2.05, 4.69) is 10.2 Å². The molecule has 158 valence electrons. The van der Waals surface area contributed by atoms with Crippen molar-refractivity contribution in [3.8, 4) is 5.75 Å². The zero-order chi connectivity index (χ0) is 21.5. The number of benzene rings is 1. The molecule has 0 aliphatic heterocycles. The molecule has 0 saturated heterocycles. The molecule has 1 unspecified atom stereocenters. The number of methoxy groups -OCH3 is 1. The van der Waals surface area contributed by atoms with E-state index in [-0.39, 0.29) is 17.5 Å². The molecular weight excluding hydrogens is 404 g/mol. The van der Waals surface area contributed by atoms with Crippen LogP contribution in [0, 0.1) is 0 Å². The van der Waals surface area contributed by atoms with Crippen molar-refractivity contribution < 1.29 is 18.7 Å². The summed E-state index contributed by atoms with van der Waals surface area (Å²) in [6.07, 6.45) is 2.76. The Morgan fingerprint density at radius 3 is 2.60 bits per heavy atom. The summed E-state index contributed by atoms with van der Waals surface area (Å²) in [6.45, 7) is 2.36. The van der Waals surface area contributed by atoms with Crippen LogP contribution in [-0.2, 0) is 17.8 Å². The number of carbonyl (C=O) groups excluding carboxylic acids is 2. The first-order chi connectivity index (χ1) is 14.5. The van der Waals surface area contributed by atoms with E-state index >= 15 is 0 Å².